The lowest BCUT2D eigenvalue weighted by atomic mass is 9.96. The molecule has 1 heterocycles. The minimum atomic E-state index is -0.515. The molecular formula is C32H35ClN2O2. The Morgan fingerprint density at radius 1 is 0.622 bits per heavy atom. The first kappa shape index (κ1) is 26.9. The number of benzene rings is 4. The van der Waals surface area contributed by atoms with Crippen molar-refractivity contribution in [1.82, 2.24) is 9.80 Å². The van der Waals surface area contributed by atoms with Crippen LogP contribution in [0.5, 0.6) is 5.75 Å². The Hall–Kier alpha value is -3.15. The summed E-state index contributed by atoms with van der Waals surface area (Å²) < 4.78 is 5.89. The van der Waals surface area contributed by atoms with Gasteiger partial charge >= 0.3 is 0 Å². The van der Waals surface area contributed by atoms with Crippen LogP contribution in [0.2, 0.25) is 0 Å². The van der Waals surface area contributed by atoms with Crippen LogP contribution < -0.4 is 4.74 Å². The van der Waals surface area contributed by atoms with Gasteiger partial charge in [0, 0.05) is 32.7 Å². The van der Waals surface area contributed by atoms with E-state index in [2.05, 4.69) is 82.6 Å². The number of β-amino-alcohol motifs (C(OH)–C–C–N with tert-alkyl or cyclic N) is 1. The molecule has 1 saturated heterocycles. The standard InChI is InChI=1S/C32H34N2O2.ClH/c35-31(27-16-18-30(19-17-27)36-25-26-10-4-1-5-11-26)24-33-20-22-34(23-21-33)32(28-12-6-2-7-13-28)29-14-8-3-9-15-29;/h1-19,31-32,35H,20-25H2;1H. The molecule has 5 heteroatoms. The first-order valence-electron chi connectivity index (χ1n) is 12.8. The average molecular weight is 515 g/mol. The van der Waals surface area contributed by atoms with E-state index < -0.39 is 6.10 Å². The SMILES string of the molecule is Cl.OC(CN1CCN(C(c2ccccc2)c2ccccc2)CC1)c1ccc(OCc2ccccc2)cc1. The van der Waals surface area contributed by atoms with Crippen LogP contribution in [0.1, 0.15) is 34.4 Å². The second-order valence-electron chi connectivity index (χ2n) is 9.42. The molecule has 1 N–H and O–H groups in total. The van der Waals surface area contributed by atoms with E-state index in [9.17, 15) is 5.11 Å². The monoisotopic (exact) mass is 514 g/mol. The smallest absolute Gasteiger partial charge is 0.119 e. The molecule has 0 aromatic heterocycles. The molecule has 0 amide bonds. The maximum atomic E-state index is 10.9. The molecule has 1 aliphatic heterocycles. The van der Waals surface area contributed by atoms with Gasteiger partial charge in [0.25, 0.3) is 0 Å². The van der Waals surface area contributed by atoms with E-state index in [0.717, 1.165) is 43.1 Å². The summed E-state index contributed by atoms with van der Waals surface area (Å²) in [5, 5.41) is 10.9. The number of hydrogen-bond acceptors (Lipinski definition) is 4. The zero-order chi connectivity index (χ0) is 24.6. The molecule has 1 atom stereocenters. The Morgan fingerprint density at radius 3 is 1.68 bits per heavy atom. The Morgan fingerprint density at radius 2 is 1.14 bits per heavy atom. The van der Waals surface area contributed by atoms with Crippen molar-refractivity contribution in [3.8, 4) is 5.75 Å². The van der Waals surface area contributed by atoms with Gasteiger partial charge in [-0.3, -0.25) is 9.80 Å². The third-order valence-electron chi connectivity index (χ3n) is 6.95. The third-order valence-corrected chi connectivity index (χ3v) is 6.95. The van der Waals surface area contributed by atoms with Gasteiger partial charge in [0.05, 0.1) is 12.1 Å². The number of hydrogen-bond donors (Lipinski definition) is 1. The summed E-state index contributed by atoms with van der Waals surface area (Å²) in [5.41, 5.74) is 4.72. The topological polar surface area (TPSA) is 35.9 Å². The number of aliphatic hydroxyl groups is 1. The van der Waals surface area contributed by atoms with Crippen LogP contribution >= 0.6 is 12.4 Å². The number of piperazine rings is 1. The number of halogens is 1. The molecule has 4 nitrogen and oxygen atoms in total. The van der Waals surface area contributed by atoms with Crippen LogP contribution in [0.25, 0.3) is 0 Å². The van der Waals surface area contributed by atoms with Crippen LogP contribution in [0.4, 0.5) is 0 Å². The van der Waals surface area contributed by atoms with Crippen molar-refractivity contribution in [2.75, 3.05) is 32.7 Å². The Kier molecular flexibility index (Phi) is 9.75. The second-order valence-corrected chi connectivity index (χ2v) is 9.42. The highest BCUT2D eigenvalue weighted by Gasteiger charge is 2.27. The van der Waals surface area contributed by atoms with E-state index in [1.165, 1.54) is 11.1 Å². The molecule has 4 aromatic carbocycles. The van der Waals surface area contributed by atoms with Crippen molar-refractivity contribution in [2.24, 2.45) is 0 Å². The number of ether oxygens (including phenoxy) is 1. The fourth-order valence-electron chi connectivity index (χ4n) is 4.97. The van der Waals surface area contributed by atoms with Crippen molar-refractivity contribution < 1.29 is 9.84 Å². The van der Waals surface area contributed by atoms with E-state index in [0.29, 0.717) is 13.2 Å². The summed E-state index contributed by atoms with van der Waals surface area (Å²) in [5.74, 6) is 0.816. The summed E-state index contributed by atoms with van der Waals surface area (Å²) in [4.78, 5) is 4.93. The Balaban J connectivity index is 0.00000320. The van der Waals surface area contributed by atoms with E-state index in [4.69, 9.17) is 4.74 Å². The van der Waals surface area contributed by atoms with Crippen LogP contribution in [-0.4, -0.2) is 47.6 Å². The maximum absolute atomic E-state index is 10.9. The second kappa shape index (κ2) is 13.4. The molecule has 0 bridgehead atoms. The lowest BCUT2D eigenvalue weighted by molar-refractivity contribution is 0.0623. The molecule has 37 heavy (non-hydrogen) atoms. The highest BCUT2D eigenvalue weighted by Crippen LogP contribution is 2.30. The predicted octanol–water partition coefficient (Wildman–Crippen LogP) is 6.13. The minimum absolute atomic E-state index is 0. The highest BCUT2D eigenvalue weighted by atomic mass is 35.5. The first-order valence-corrected chi connectivity index (χ1v) is 12.8. The molecule has 1 aliphatic rings. The largest absolute Gasteiger partial charge is 0.489 e. The Bertz CT molecular complexity index is 1140. The van der Waals surface area contributed by atoms with Gasteiger partial charge in [0.2, 0.25) is 0 Å². The fourth-order valence-corrected chi connectivity index (χ4v) is 4.97. The van der Waals surface area contributed by atoms with E-state index in [1.54, 1.807) is 0 Å². The molecule has 0 saturated carbocycles. The van der Waals surface area contributed by atoms with Crippen LogP contribution in [0.3, 0.4) is 0 Å². The summed E-state index contributed by atoms with van der Waals surface area (Å²) in [7, 11) is 0. The summed E-state index contributed by atoms with van der Waals surface area (Å²) in [6.45, 7) is 4.98. The van der Waals surface area contributed by atoms with Gasteiger partial charge in [0.1, 0.15) is 12.4 Å². The van der Waals surface area contributed by atoms with Gasteiger partial charge in [-0.1, -0.05) is 103 Å². The van der Waals surface area contributed by atoms with Crippen LogP contribution in [0.15, 0.2) is 115 Å². The van der Waals surface area contributed by atoms with Crippen molar-refractivity contribution >= 4 is 12.4 Å². The molecule has 192 valence electrons. The average Bonchev–Trinajstić information content (AvgIpc) is 2.95. The third kappa shape index (κ3) is 7.21. The van der Waals surface area contributed by atoms with Gasteiger partial charge < -0.3 is 9.84 Å². The molecule has 0 spiro atoms. The molecule has 0 radical (unpaired) electrons. The van der Waals surface area contributed by atoms with Crippen molar-refractivity contribution in [1.29, 1.82) is 0 Å². The Labute approximate surface area is 226 Å². The van der Waals surface area contributed by atoms with Crippen LogP contribution in [-0.2, 0) is 6.61 Å². The number of rotatable bonds is 9. The van der Waals surface area contributed by atoms with Crippen LogP contribution in [0, 0.1) is 0 Å². The predicted molar refractivity (Wildman–Crippen MR) is 152 cm³/mol. The molecule has 5 rings (SSSR count). The maximum Gasteiger partial charge on any atom is 0.119 e. The van der Waals surface area contributed by atoms with Gasteiger partial charge in [-0.2, -0.15) is 0 Å². The summed E-state index contributed by atoms with van der Waals surface area (Å²) in [6, 6.07) is 39.8. The van der Waals surface area contributed by atoms with Crippen molar-refractivity contribution in [3.05, 3.63) is 138 Å². The lowest BCUT2D eigenvalue weighted by Gasteiger charge is -2.40. The zero-order valence-corrected chi connectivity index (χ0v) is 21.8. The molecular weight excluding hydrogens is 480 g/mol. The molecule has 1 fully saturated rings. The number of nitrogens with zero attached hydrogens (tertiary/aromatic N) is 2. The summed E-state index contributed by atoms with van der Waals surface area (Å²) >= 11 is 0. The number of aliphatic hydroxyl groups excluding tert-OH is 1. The highest BCUT2D eigenvalue weighted by molar-refractivity contribution is 5.85. The van der Waals surface area contributed by atoms with Crippen molar-refractivity contribution in [3.63, 3.8) is 0 Å². The lowest BCUT2D eigenvalue weighted by Crippen LogP contribution is -2.48. The van der Waals surface area contributed by atoms with Gasteiger partial charge in [-0.25, -0.2) is 0 Å². The van der Waals surface area contributed by atoms with E-state index >= 15 is 0 Å². The molecule has 4 aromatic rings. The normalized spacial score (nSPS) is 15.2. The van der Waals surface area contributed by atoms with Gasteiger partial charge in [-0.15, -0.1) is 12.4 Å². The molecule has 0 aliphatic carbocycles. The minimum Gasteiger partial charge on any atom is -0.489 e. The van der Waals surface area contributed by atoms with Gasteiger partial charge in [-0.05, 0) is 34.4 Å². The first-order chi connectivity index (χ1) is 17.8. The quantitative estimate of drug-likeness (QED) is 0.291. The summed E-state index contributed by atoms with van der Waals surface area (Å²) in [6.07, 6.45) is -0.515. The van der Waals surface area contributed by atoms with Crippen molar-refractivity contribution in [2.45, 2.75) is 18.8 Å². The fraction of sp³-hybridized carbons (Fsp3) is 0.250. The van der Waals surface area contributed by atoms with Gasteiger partial charge in [0.15, 0.2) is 0 Å². The van der Waals surface area contributed by atoms with E-state index in [-0.39, 0.29) is 18.4 Å². The zero-order valence-electron chi connectivity index (χ0n) is 21.0. The van der Waals surface area contributed by atoms with E-state index in [1.807, 2.05) is 42.5 Å². The molecule has 1 unspecified atom stereocenters.